The third-order valence-corrected chi connectivity index (χ3v) is 4.68. The lowest BCUT2D eigenvalue weighted by Crippen LogP contribution is -2.50. The highest BCUT2D eigenvalue weighted by atomic mass is 19.1. The minimum absolute atomic E-state index is 0.0630. The van der Waals surface area contributed by atoms with Gasteiger partial charge in [-0.15, -0.1) is 5.10 Å². The minimum Gasteiger partial charge on any atom is -0.337 e. The van der Waals surface area contributed by atoms with Gasteiger partial charge in [-0.1, -0.05) is 11.3 Å². The van der Waals surface area contributed by atoms with E-state index < -0.39 is 5.82 Å². The first kappa shape index (κ1) is 15.7. The molecule has 2 amide bonds. The molecule has 7 nitrogen and oxygen atoms in total. The predicted molar refractivity (Wildman–Crippen MR) is 86.0 cm³/mol. The second kappa shape index (κ2) is 6.27. The van der Waals surface area contributed by atoms with E-state index in [1.165, 1.54) is 18.2 Å². The molecule has 0 aliphatic carbocycles. The van der Waals surface area contributed by atoms with Crippen LogP contribution >= 0.6 is 0 Å². The molecule has 0 unspecified atom stereocenters. The number of carbonyl (C=O) groups excluding carboxylic acids is 2. The highest BCUT2D eigenvalue weighted by molar-refractivity contribution is 5.94. The first-order valence-electron chi connectivity index (χ1n) is 8.33. The monoisotopic (exact) mass is 343 g/mol. The molecule has 1 aromatic carbocycles. The van der Waals surface area contributed by atoms with E-state index in [1.54, 1.807) is 20.5 Å². The zero-order chi connectivity index (χ0) is 17.4. The highest BCUT2D eigenvalue weighted by Gasteiger charge is 2.33. The summed E-state index contributed by atoms with van der Waals surface area (Å²) in [5, 5.41) is 8.24. The number of benzene rings is 1. The second-order valence-electron chi connectivity index (χ2n) is 6.48. The van der Waals surface area contributed by atoms with Crippen LogP contribution in [0.2, 0.25) is 0 Å². The molecule has 0 bridgehead atoms. The van der Waals surface area contributed by atoms with E-state index >= 15 is 0 Å². The Balaban J connectivity index is 1.35. The molecular formula is C17H18FN5O2. The average Bonchev–Trinajstić information content (AvgIpc) is 3.16. The maximum Gasteiger partial charge on any atom is 0.254 e. The summed E-state index contributed by atoms with van der Waals surface area (Å²) in [6, 6.07) is 5.77. The Morgan fingerprint density at radius 1 is 1.32 bits per heavy atom. The van der Waals surface area contributed by atoms with Gasteiger partial charge in [0.2, 0.25) is 5.91 Å². The Morgan fingerprint density at radius 2 is 2.16 bits per heavy atom. The van der Waals surface area contributed by atoms with Crippen LogP contribution in [0.5, 0.6) is 0 Å². The van der Waals surface area contributed by atoms with Crippen LogP contribution < -0.4 is 0 Å². The van der Waals surface area contributed by atoms with Crippen LogP contribution in [0, 0.1) is 5.82 Å². The molecule has 2 aliphatic heterocycles. The third kappa shape index (κ3) is 3.11. The fourth-order valence-corrected chi connectivity index (χ4v) is 3.22. The predicted octanol–water partition coefficient (Wildman–Crippen LogP) is 1.24. The van der Waals surface area contributed by atoms with Crippen LogP contribution in [0.4, 0.5) is 4.39 Å². The van der Waals surface area contributed by atoms with Crippen LogP contribution in [0.15, 0.2) is 30.5 Å². The lowest BCUT2D eigenvalue weighted by atomic mass is 10.1. The van der Waals surface area contributed by atoms with E-state index in [0.29, 0.717) is 31.6 Å². The molecule has 0 atom stereocenters. The summed E-state index contributed by atoms with van der Waals surface area (Å²) in [6.45, 7) is 2.28. The molecule has 4 rings (SSSR count). The summed E-state index contributed by atoms with van der Waals surface area (Å²) in [7, 11) is 0. The van der Waals surface area contributed by atoms with Crippen molar-refractivity contribution >= 4 is 11.8 Å². The number of nitrogens with zero attached hydrogens (tertiary/aromatic N) is 5. The largest absolute Gasteiger partial charge is 0.337 e. The minimum atomic E-state index is -0.416. The number of aromatic nitrogens is 3. The van der Waals surface area contributed by atoms with Gasteiger partial charge in [0.05, 0.1) is 18.8 Å². The van der Waals surface area contributed by atoms with Gasteiger partial charge in [-0.3, -0.25) is 9.59 Å². The quantitative estimate of drug-likeness (QED) is 0.837. The van der Waals surface area contributed by atoms with Crippen LogP contribution in [0.1, 0.15) is 34.9 Å². The third-order valence-electron chi connectivity index (χ3n) is 4.68. The SMILES string of the molecule is O=C1CCCN1Cc1cn(C2CN(C(=O)c3cccc(F)c3)C2)nn1. The zero-order valence-electron chi connectivity index (χ0n) is 13.6. The van der Waals surface area contributed by atoms with Gasteiger partial charge in [0.1, 0.15) is 11.5 Å². The Hall–Kier alpha value is -2.77. The van der Waals surface area contributed by atoms with Crippen molar-refractivity contribution in [2.24, 2.45) is 0 Å². The average molecular weight is 343 g/mol. The molecule has 0 radical (unpaired) electrons. The summed E-state index contributed by atoms with van der Waals surface area (Å²) in [5.74, 6) is -0.441. The number of hydrogen-bond acceptors (Lipinski definition) is 4. The van der Waals surface area contributed by atoms with Gasteiger partial charge in [-0.25, -0.2) is 9.07 Å². The van der Waals surface area contributed by atoms with Crippen molar-refractivity contribution in [3.05, 3.63) is 47.5 Å². The maximum absolute atomic E-state index is 13.2. The molecule has 2 aliphatic rings. The summed E-state index contributed by atoms with van der Waals surface area (Å²) >= 11 is 0. The van der Waals surface area contributed by atoms with Crippen LogP contribution in [-0.4, -0.2) is 56.2 Å². The van der Waals surface area contributed by atoms with Crippen molar-refractivity contribution in [2.75, 3.05) is 19.6 Å². The lowest BCUT2D eigenvalue weighted by molar-refractivity contribution is -0.128. The fourth-order valence-electron chi connectivity index (χ4n) is 3.22. The Morgan fingerprint density at radius 3 is 2.88 bits per heavy atom. The molecule has 0 spiro atoms. The standard InChI is InChI=1S/C17H18FN5O2/c18-13-4-1-3-12(7-13)17(25)22-10-15(11-22)23-9-14(19-20-23)8-21-6-2-5-16(21)24/h1,3-4,7,9,15H,2,5-6,8,10-11H2. The van der Waals surface area contributed by atoms with E-state index in [2.05, 4.69) is 10.3 Å². The first-order valence-corrected chi connectivity index (χ1v) is 8.33. The molecule has 130 valence electrons. The van der Waals surface area contributed by atoms with Crippen molar-refractivity contribution < 1.29 is 14.0 Å². The molecule has 25 heavy (non-hydrogen) atoms. The van der Waals surface area contributed by atoms with Gasteiger partial charge >= 0.3 is 0 Å². The van der Waals surface area contributed by atoms with Crippen LogP contribution in [0.25, 0.3) is 0 Å². The molecule has 2 saturated heterocycles. The highest BCUT2D eigenvalue weighted by Crippen LogP contribution is 2.23. The maximum atomic E-state index is 13.2. The van der Waals surface area contributed by atoms with E-state index in [-0.39, 0.29) is 17.9 Å². The number of likely N-dealkylation sites (tertiary alicyclic amines) is 2. The van der Waals surface area contributed by atoms with Gasteiger partial charge < -0.3 is 9.80 Å². The summed E-state index contributed by atoms with van der Waals surface area (Å²) in [5.41, 5.74) is 1.11. The normalized spacial score (nSPS) is 17.9. The Bertz CT molecular complexity index is 815. The van der Waals surface area contributed by atoms with Gasteiger partial charge in [0.15, 0.2) is 0 Å². The van der Waals surface area contributed by atoms with Crippen LogP contribution in [-0.2, 0) is 11.3 Å². The second-order valence-corrected chi connectivity index (χ2v) is 6.48. The van der Waals surface area contributed by atoms with Crippen LogP contribution in [0.3, 0.4) is 0 Å². The van der Waals surface area contributed by atoms with Gasteiger partial charge in [-0.05, 0) is 24.6 Å². The molecule has 0 N–H and O–H groups in total. The fraction of sp³-hybridized carbons (Fsp3) is 0.412. The summed E-state index contributed by atoms with van der Waals surface area (Å²) in [6.07, 6.45) is 3.33. The Labute approximate surface area is 144 Å². The summed E-state index contributed by atoms with van der Waals surface area (Å²) < 4.78 is 15.0. The van der Waals surface area contributed by atoms with Crippen molar-refractivity contribution in [3.63, 3.8) is 0 Å². The van der Waals surface area contributed by atoms with E-state index in [1.807, 2.05) is 6.20 Å². The molecule has 8 heteroatoms. The number of carbonyl (C=O) groups is 2. The molecular weight excluding hydrogens is 325 g/mol. The zero-order valence-corrected chi connectivity index (χ0v) is 13.6. The smallest absolute Gasteiger partial charge is 0.254 e. The number of halogens is 1. The van der Waals surface area contributed by atoms with Gasteiger partial charge in [-0.2, -0.15) is 0 Å². The summed E-state index contributed by atoms with van der Waals surface area (Å²) in [4.78, 5) is 27.4. The van der Waals surface area contributed by atoms with E-state index in [0.717, 1.165) is 18.7 Å². The van der Waals surface area contributed by atoms with E-state index in [4.69, 9.17) is 0 Å². The molecule has 1 aromatic heterocycles. The topological polar surface area (TPSA) is 71.3 Å². The molecule has 2 fully saturated rings. The van der Waals surface area contributed by atoms with Crippen molar-refractivity contribution in [2.45, 2.75) is 25.4 Å². The number of rotatable bonds is 4. The molecule has 2 aromatic rings. The van der Waals surface area contributed by atoms with Crippen molar-refractivity contribution in [1.82, 2.24) is 24.8 Å². The molecule has 3 heterocycles. The van der Waals surface area contributed by atoms with E-state index in [9.17, 15) is 14.0 Å². The first-order chi connectivity index (χ1) is 12.1. The molecule has 0 saturated carbocycles. The van der Waals surface area contributed by atoms with Crippen molar-refractivity contribution in [1.29, 1.82) is 0 Å². The Kier molecular flexibility index (Phi) is 3.95. The number of hydrogen-bond donors (Lipinski definition) is 0. The van der Waals surface area contributed by atoms with Gasteiger partial charge in [0, 0.05) is 31.6 Å². The lowest BCUT2D eigenvalue weighted by Gasteiger charge is -2.38. The number of amides is 2. The van der Waals surface area contributed by atoms with Crippen molar-refractivity contribution in [3.8, 4) is 0 Å². The van der Waals surface area contributed by atoms with Gasteiger partial charge in [0.25, 0.3) is 5.91 Å².